The van der Waals surface area contributed by atoms with Crippen LogP contribution < -0.4 is 5.11 Å². The van der Waals surface area contributed by atoms with Gasteiger partial charge in [-0.1, -0.05) is 58.0 Å². The molecule has 1 atom stereocenters. The zero-order valence-electron chi connectivity index (χ0n) is 16.5. The summed E-state index contributed by atoms with van der Waals surface area (Å²) in [6.45, 7) is 7.52. The third kappa shape index (κ3) is 3.78. The number of ketones is 1. The molecule has 0 spiro atoms. The van der Waals surface area contributed by atoms with E-state index in [1.807, 2.05) is 19.9 Å². The van der Waals surface area contributed by atoms with Crippen LogP contribution in [0.15, 0.2) is 48.2 Å². The van der Waals surface area contributed by atoms with Crippen LogP contribution >= 0.6 is 0 Å². The lowest BCUT2D eigenvalue weighted by Crippen LogP contribution is -2.61. The molecular weight excluding hydrogens is 342 g/mol. The van der Waals surface area contributed by atoms with E-state index in [1.54, 1.807) is 50.3 Å². The second-order valence-electron chi connectivity index (χ2n) is 7.56. The van der Waals surface area contributed by atoms with Gasteiger partial charge in [0.25, 0.3) is 5.78 Å². The number of amides is 1. The van der Waals surface area contributed by atoms with E-state index in [0.29, 0.717) is 24.0 Å². The molecule has 0 bridgehead atoms. The van der Waals surface area contributed by atoms with Crippen molar-refractivity contribution < 1.29 is 24.0 Å². The normalized spacial score (nSPS) is 19.9. The van der Waals surface area contributed by atoms with Gasteiger partial charge in [0, 0.05) is 11.0 Å². The third-order valence-corrected chi connectivity index (χ3v) is 5.35. The summed E-state index contributed by atoms with van der Waals surface area (Å²) in [7, 11) is 0. The number of benzene rings is 1. The number of carbonyl (C=O) groups is 3. The van der Waals surface area contributed by atoms with Crippen LogP contribution in [-0.2, 0) is 14.4 Å². The Labute approximate surface area is 160 Å². The number of hydrogen-bond acceptors (Lipinski definition) is 4. The molecule has 1 amide bonds. The summed E-state index contributed by atoms with van der Waals surface area (Å²) in [5.74, 6) is -2.64. The number of hydrogen-bond donors (Lipinski definition) is 0. The molecule has 1 aliphatic heterocycles. The molecular formula is C22H27NO4. The highest BCUT2D eigenvalue weighted by atomic mass is 16.4. The summed E-state index contributed by atoms with van der Waals surface area (Å²) >= 11 is 0. The Hall–Kier alpha value is -2.53. The molecule has 5 heteroatoms. The molecule has 1 aromatic carbocycles. The molecule has 1 aromatic rings. The lowest BCUT2D eigenvalue weighted by molar-refractivity contribution is -0.804. The molecule has 5 nitrogen and oxygen atoms in total. The van der Waals surface area contributed by atoms with E-state index >= 15 is 0 Å². The van der Waals surface area contributed by atoms with E-state index in [9.17, 15) is 19.5 Å². The van der Waals surface area contributed by atoms with Gasteiger partial charge in [-0.3, -0.25) is 4.79 Å². The molecule has 2 rings (SSSR count). The van der Waals surface area contributed by atoms with Crippen LogP contribution in [0.4, 0.5) is 0 Å². The highest BCUT2D eigenvalue weighted by Crippen LogP contribution is 2.35. The Morgan fingerprint density at radius 2 is 1.74 bits per heavy atom. The van der Waals surface area contributed by atoms with E-state index in [-0.39, 0.29) is 18.8 Å². The SMILES string of the molecule is CCC[N+]1(C(=O)C(=O)C(C)(C)CC)CC=CC(c2ccccc2)=C1C(=O)[O-]. The fraction of sp³-hybridized carbons (Fsp3) is 0.409. The lowest BCUT2D eigenvalue weighted by atomic mass is 9.83. The monoisotopic (exact) mass is 369 g/mol. The van der Waals surface area contributed by atoms with Crippen molar-refractivity contribution >= 4 is 23.2 Å². The first kappa shape index (κ1) is 20.8. The van der Waals surface area contributed by atoms with Crippen molar-refractivity contribution in [3.63, 3.8) is 0 Å². The van der Waals surface area contributed by atoms with Crippen molar-refractivity contribution in [2.24, 2.45) is 5.41 Å². The van der Waals surface area contributed by atoms with E-state index in [4.69, 9.17) is 0 Å². The molecule has 1 unspecified atom stereocenters. The molecule has 0 saturated heterocycles. The summed E-state index contributed by atoms with van der Waals surface area (Å²) < 4.78 is -0.526. The summed E-state index contributed by atoms with van der Waals surface area (Å²) in [4.78, 5) is 38.5. The second-order valence-corrected chi connectivity index (χ2v) is 7.56. The number of rotatable bonds is 7. The van der Waals surface area contributed by atoms with Crippen LogP contribution in [0.1, 0.15) is 46.1 Å². The zero-order valence-corrected chi connectivity index (χ0v) is 16.5. The van der Waals surface area contributed by atoms with E-state index in [1.165, 1.54) is 0 Å². The molecule has 1 aliphatic rings. The predicted molar refractivity (Wildman–Crippen MR) is 102 cm³/mol. The minimum Gasteiger partial charge on any atom is -0.540 e. The van der Waals surface area contributed by atoms with Gasteiger partial charge in [-0.15, -0.1) is 0 Å². The highest BCUT2D eigenvalue weighted by Gasteiger charge is 2.50. The number of Topliss-reactive ketones (excluding diaryl/α,β-unsaturated/α-hetero) is 1. The molecule has 0 fully saturated rings. The largest absolute Gasteiger partial charge is 0.540 e. The average Bonchev–Trinajstić information content (AvgIpc) is 2.67. The maximum Gasteiger partial charge on any atom is 0.387 e. The number of nitrogens with zero attached hydrogens (tertiary/aromatic N) is 1. The molecule has 0 N–H and O–H groups in total. The van der Waals surface area contributed by atoms with Crippen LogP contribution in [0.2, 0.25) is 0 Å². The van der Waals surface area contributed by atoms with Crippen molar-refractivity contribution in [2.45, 2.75) is 40.5 Å². The molecule has 1 heterocycles. The molecule has 0 aromatic heterocycles. The van der Waals surface area contributed by atoms with Gasteiger partial charge in [-0.2, -0.15) is 0 Å². The first-order valence-electron chi connectivity index (χ1n) is 9.35. The quantitative estimate of drug-likeness (QED) is 0.547. The number of aliphatic carboxylic acids is 1. The summed E-state index contributed by atoms with van der Waals surface area (Å²) in [6, 6.07) is 9.02. The Balaban J connectivity index is 2.72. The van der Waals surface area contributed by atoms with Gasteiger partial charge >= 0.3 is 5.91 Å². The van der Waals surface area contributed by atoms with E-state index < -0.39 is 27.6 Å². The summed E-state index contributed by atoms with van der Waals surface area (Å²) in [6.07, 6.45) is 4.53. The topological polar surface area (TPSA) is 74.3 Å². The van der Waals surface area contributed by atoms with Crippen LogP contribution in [0.25, 0.3) is 5.57 Å². The molecule has 0 radical (unpaired) electrons. The standard InChI is InChI=1S/C22H27NO4/c1-5-14-23(20(25)19(24)22(3,4)6-2)15-10-13-17(18(23)21(26)27)16-11-8-7-9-12-16/h7-13H,5-6,14-15H2,1-4H3. The lowest BCUT2D eigenvalue weighted by Gasteiger charge is -2.40. The van der Waals surface area contributed by atoms with Gasteiger partial charge in [-0.05, 0) is 30.6 Å². The van der Waals surface area contributed by atoms with Crippen molar-refractivity contribution in [3.05, 3.63) is 53.7 Å². The number of carboxylic acid groups (broad SMARTS) is 1. The van der Waals surface area contributed by atoms with E-state index in [0.717, 1.165) is 0 Å². The Bertz CT molecular complexity index is 805. The van der Waals surface area contributed by atoms with Gasteiger partial charge in [0.2, 0.25) is 0 Å². The number of carbonyl (C=O) groups excluding carboxylic acids is 3. The third-order valence-electron chi connectivity index (χ3n) is 5.35. The van der Waals surface area contributed by atoms with E-state index in [2.05, 4.69) is 0 Å². The minimum absolute atomic E-state index is 0.129. The molecule has 144 valence electrons. The molecule has 0 saturated carbocycles. The minimum atomic E-state index is -1.41. The maximum absolute atomic E-state index is 13.4. The van der Waals surface area contributed by atoms with Gasteiger partial charge < -0.3 is 9.90 Å². The van der Waals surface area contributed by atoms with Crippen molar-refractivity contribution in [1.82, 2.24) is 0 Å². The molecule has 27 heavy (non-hydrogen) atoms. The van der Waals surface area contributed by atoms with Crippen LogP contribution in [0.5, 0.6) is 0 Å². The Morgan fingerprint density at radius 1 is 1.11 bits per heavy atom. The van der Waals surface area contributed by atoms with Crippen LogP contribution in [0, 0.1) is 5.41 Å². The maximum atomic E-state index is 13.4. The Kier molecular flexibility index (Phi) is 6.16. The smallest absolute Gasteiger partial charge is 0.387 e. The van der Waals surface area contributed by atoms with Gasteiger partial charge in [0.15, 0.2) is 5.70 Å². The second kappa shape index (κ2) is 8.01. The number of allylic oxidation sites excluding steroid dienone is 2. The first-order valence-corrected chi connectivity index (χ1v) is 9.35. The highest BCUT2D eigenvalue weighted by molar-refractivity contribution is 6.36. The zero-order chi connectivity index (χ0) is 20.2. The predicted octanol–water partition coefficient (Wildman–Crippen LogP) is 2.48. The van der Waals surface area contributed by atoms with Crippen LogP contribution in [-0.4, -0.2) is 35.2 Å². The fourth-order valence-electron chi connectivity index (χ4n) is 3.40. The summed E-state index contributed by atoms with van der Waals surface area (Å²) in [5, 5.41) is 12.2. The Morgan fingerprint density at radius 3 is 2.26 bits per heavy atom. The average molecular weight is 369 g/mol. The van der Waals surface area contributed by atoms with Gasteiger partial charge in [0.05, 0.1) is 6.54 Å². The van der Waals surface area contributed by atoms with Gasteiger partial charge in [0.1, 0.15) is 12.5 Å². The first-order chi connectivity index (χ1) is 12.7. The number of carboxylic acids is 1. The molecule has 0 aliphatic carbocycles. The summed E-state index contributed by atoms with van der Waals surface area (Å²) in [5.41, 5.74) is 0.129. The van der Waals surface area contributed by atoms with Gasteiger partial charge in [-0.25, -0.2) is 9.28 Å². The fourth-order valence-corrected chi connectivity index (χ4v) is 3.40. The van der Waals surface area contributed by atoms with Crippen LogP contribution in [0.3, 0.4) is 0 Å². The van der Waals surface area contributed by atoms with Crippen molar-refractivity contribution in [3.8, 4) is 0 Å². The number of quaternary nitrogens is 1. The van der Waals surface area contributed by atoms with Crippen molar-refractivity contribution in [1.29, 1.82) is 0 Å². The van der Waals surface area contributed by atoms with Crippen molar-refractivity contribution in [2.75, 3.05) is 13.1 Å².